The Hall–Kier alpha value is -2.30. The van der Waals surface area contributed by atoms with Gasteiger partial charge in [0, 0.05) is 25.7 Å². The zero-order valence-corrected chi connectivity index (χ0v) is 13.5. The fourth-order valence-corrected chi connectivity index (χ4v) is 1.99. The lowest BCUT2D eigenvalue weighted by Gasteiger charge is -2.21. The lowest BCUT2D eigenvalue weighted by molar-refractivity contribution is 0.100. The molecule has 0 spiro atoms. The van der Waals surface area contributed by atoms with Crippen LogP contribution in [0.25, 0.3) is 0 Å². The Bertz CT molecular complexity index is 508. The quantitative estimate of drug-likeness (QED) is 0.334. The fourth-order valence-electron chi connectivity index (χ4n) is 1.99. The summed E-state index contributed by atoms with van der Waals surface area (Å²) in [5, 5.41) is 3.29. The van der Waals surface area contributed by atoms with Crippen LogP contribution in [0.2, 0.25) is 0 Å². The monoisotopic (exact) mass is 302 g/mol. The highest BCUT2D eigenvalue weighted by Crippen LogP contribution is 2.06. The second-order valence-corrected chi connectivity index (χ2v) is 5.08. The number of benzene rings is 1. The Kier molecular flexibility index (Phi) is 7.75. The Morgan fingerprint density at radius 3 is 2.64 bits per heavy atom. The number of carbonyl (C=O) groups excluding carboxylic acids is 1. The lowest BCUT2D eigenvalue weighted by atomic mass is 10.1. The van der Waals surface area contributed by atoms with E-state index in [9.17, 15) is 4.79 Å². The van der Waals surface area contributed by atoms with E-state index in [1.807, 2.05) is 25.3 Å². The van der Waals surface area contributed by atoms with Crippen molar-refractivity contribution in [3.8, 4) is 0 Å². The molecular formula is C17H26N4O. The number of guanidine groups is 1. The molecule has 0 unspecified atom stereocenters. The van der Waals surface area contributed by atoms with Gasteiger partial charge in [-0.15, -0.1) is 6.58 Å². The molecule has 5 nitrogen and oxygen atoms in total. The standard InChI is InChI=1S/C17H26N4O/c1-4-6-7-12-21(3)17(19-5-2)20-13-14-8-10-15(11-9-14)16(18)22/h4,8-11H,1,5-7,12-13H2,2-3H3,(H2,18,22)(H,19,20). The second kappa shape index (κ2) is 9.60. The molecule has 1 amide bonds. The van der Waals surface area contributed by atoms with Gasteiger partial charge in [0.2, 0.25) is 5.91 Å². The first-order chi connectivity index (χ1) is 10.6. The molecule has 0 aliphatic heterocycles. The van der Waals surface area contributed by atoms with E-state index in [0.29, 0.717) is 12.1 Å². The number of hydrogen-bond donors (Lipinski definition) is 2. The summed E-state index contributed by atoms with van der Waals surface area (Å²) in [4.78, 5) is 17.8. The number of rotatable bonds is 8. The molecule has 0 fully saturated rings. The second-order valence-electron chi connectivity index (χ2n) is 5.08. The zero-order chi connectivity index (χ0) is 16.4. The normalized spacial score (nSPS) is 11.1. The van der Waals surface area contributed by atoms with Crippen molar-refractivity contribution in [3.63, 3.8) is 0 Å². The topological polar surface area (TPSA) is 70.7 Å². The van der Waals surface area contributed by atoms with Gasteiger partial charge in [-0.3, -0.25) is 4.79 Å². The highest BCUT2D eigenvalue weighted by molar-refractivity contribution is 5.92. The summed E-state index contributed by atoms with van der Waals surface area (Å²) in [7, 11) is 2.03. The summed E-state index contributed by atoms with van der Waals surface area (Å²) < 4.78 is 0. The highest BCUT2D eigenvalue weighted by Gasteiger charge is 2.05. The maximum absolute atomic E-state index is 11.0. The van der Waals surface area contributed by atoms with Gasteiger partial charge in [-0.1, -0.05) is 18.2 Å². The fraction of sp³-hybridized carbons (Fsp3) is 0.412. The zero-order valence-electron chi connectivity index (χ0n) is 13.5. The first-order valence-electron chi connectivity index (χ1n) is 7.57. The van der Waals surface area contributed by atoms with Crippen molar-refractivity contribution >= 4 is 11.9 Å². The Morgan fingerprint density at radius 1 is 1.41 bits per heavy atom. The number of amides is 1. The number of carbonyl (C=O) groups is 1. The molecule has 1 rings (SSSR count). The van der Waals surface area contributed by atoms with Crippen LogP contribution >= 0.6 is 0 Å². The van der Waals surface area contributed by atoms with Crippen molar-refractivity contribution in [2.75, 3.05) is 20.1 Å². The van der Waals surface area contributed by atoms with Crippen molar-refractivity contribution in [3.05, 3.63) is 48.0 Å². The minimum absolute atomic E-state index is 0.412. The number of primary amides is 1. The molecule has 5 heteroatoms. The summed E-state index contributed by atoms with van der Waals surface area (Å²) in [5.74, 6) is 0.468. The van der Waals surface area contributed by atoms with Crippen molar-refractivity contribution in [1.29, 1.82) is 0 Å². The molecule has 1 aromatic rings. The van der Waals surface area contributed by atoms with Crippen LogP contribution in [0.15, 0.2) is 41.9 Å². The highest BCUT2D eigenvalue weighted by atomic mass is 16.1. The van der Waals surface area contributed by atoms with E-state index >= 15 is 0 Å². The van der Waals surface area contributed by atoms with Crippen molar-refractivity contribution < 1.29 is 4.79 Å². The Labute approximate surface area is 132 Å². The minimum atomic E-state index is -0.412. The van der Waals surface area contributed by atoms with Crippen LogP contribution in [-0.2, 0) is 6.54 Å². The number of nitrogens with two attached hydrogens (primary N) is 1. The summed E-state index contributed by atoms with van der Waals surface area (Å²) in [6, 6.07) is 7.22. The molecule has 0 heterocycles. The number of allylic oxidation sites excluding steroid dienone is 1. The summed E-state index contributed by atoms with van der Waals surface area (Å²) in [6.45, 7) is 8.10. The minimum Gasteiger partial charge on any atom is -0.366 e. The van der Waals surface area contributed by atoms with Gasteiger partial charge in [0.25, 0.3) is 0 Å². The van der Waals surface area contributed by atoms with E-state index in [1.54, 1.807) is 12.1 Å². The van der Waals surface area contributed by atoms with Gasteiger partial charge < -0.3 is 16.0 Å². The largest absolute Gasteiger partial charge is 0.366 e. The molecule has 0 aliphatic rings. The lowest BCUT2D eigenvalue weighted by Crippen LogP contribution is -2.39. The Balaban J connectivity index is 2.67. The third kappa shape index (κ3) is 5.99. The summed E-state index contributed by atoms with van der Waals surface area (Å²) in [5.41, 5.74) is 6.79. The molecule has 0 saturated carbocycles. The average molecular weight is 302 g/mol. The molecule has 120 valence electrons. The maximum atomic E-state index is 11.0. The number of hydrogen-bond acceptors (Lipinski definition) is 2. The van der Waals surface area contributed by atoms with Crippen LogP contribution in [0.1, 0.15) is 35.7 Å². The van der Waals surface area contributed by atoms with E-state index in [0.717, 1.165) is 37.5 Å². The van der Waals surface area contributed by atoms with Crippen molar-refractivity contribution in [2.24, 2.45) is 10.7 Å². The molecule has 3 N–H and O–H groups in total. The third-order valence-electron chi connectivity index (χ3n) is 3.25. The van der Waals surface area contributed by atoms with Gasteiger partial charge >= 0.3 is 0 Å². The van der Waals surface area contributed by atoms with Crippen LogP contribution in [0.3, 0.4) is 0 Å². The molecule has 0 saturated heterocycles. The van der Waals surface area contributed by atoms with Crippen LogP contribution in [0.5, 0.6) is 0 Å². The van der Waals surface area contributed by atoms with Crippen molar-refractivity contribution in [2.45, 2.75) is 26.3 Å². The molecule has 0 aromatic heterocycles. The number of unbranched alkanes of at least 4 members (excludes halogenated alkanes) is 1. The van der Waals surface area contributed by atoms with E-state index < -0.39 is 5.91 Å². The van der Waals surface area contributed by atoms with E-state index in [-0.39, 0.29) is 0 Å². The average Bonchev–Trinajstić information content (AvgIpc) is 2.52. The van der Waals surface area contributed by atoms with Gasteiger partial charge in [0.1, 0.15) is 0 Å². The summed E-state index contributed by atoms with van der Waals surface area (Å²) >= 11 is 0. The number of nitrogens with zero attached hydrogens (tertiary/aromatic N) is 2. The van der Waals surface area contributed by atoms with Crippen LogP contribution in [-0.4, -0.2) is 36.9 Å². The SMILES string of the molecule is C=CCCCN(C)C(=NCc1ccc(C(N)=O)cc1)NCC. The van der Waals surface area contributed by atoms with Gasteiger partial charge in [-0.25, -0.2) is 4.99 Å². The molecular weight excluding hydrogens is 276 g/mol. The predicted molar refractivity (Wildman–Crippen MR) is 91.8 cm³/mol. The van der Waals surface area contributed by atoms with Gasteiger partial charge in [-0.05, 0) is 37.5 Å². The van der Waals surface area contributed by atoms with Gasteiger partial charge in [-0.2, -0.15) is 0 Å². The van der Waals surface area contributed by atoms with E-state index in [2.05, 4.69) is 28.7 Å². The molecule has 1 aromatic carbocycles. The maximum Gasteiger partial charge on any atom is 0.248 e. The first kappa shape index (κ1) is 17.8. The molecule has 0 bridgehead atoms. The Morgan fingerprint density at radius 2 is 2.09 bits per heavy atom. The van der Waals surface area contributed by atoms with Crippen LogP contribution in [0, 0.1) is 0 Å². The smallest absolute Gasteiger partial charge is 0.248 e. The number of aliphatic imine (C=N–C) groups is 1. The third-order valence-corrected chi connectivity index (χ3v) is 3.25. The van der Waals surface area contributed by atoms with Gasteiger partial charge in [0.15, 0.2) is 5.96 Å². The first-order valence-corrected chi connectivity index (χ1v) is 7.57. The number of nitrogens with one attached hydrogen (secondary N) is 1. The summed E-state index contributed by atoms with van der Waals surface area (Å²) in [6.07, 6.45) is 3.98. The molecule has 0 atom stereocenters. The molecule has 22 heavy (non-hydrogen) atoms. The van der Waals surface area contributed by atoms with Gasteiger partial charge in [0.05, 0.1) is 6.54 Å². The van der Waals surface area contributed by atoms with E-state index in [4.69, 9.17) is 5.73 Å². The van der Waals surface area contributed by atoms with Crippen LogP contribution in [0.4, 0.5) is 0 Å². The van der Waals surface area contributed by atoms with Crippen LogP contribution < -0.4 is 11.1 Å². The molecule has 0 aliphatic carbocycles. The van der Waals surface area contributed by atoms with Crippen molar-refractivity contribution in [1.82, 2.24) is 10.2 Å². The molecule has 0 radical (unpaired) electrons. The predicted octanol–water partition coefficient (Wildman–Crippen LogP) is 2.15. The van der Waals surface area contributed by atoms with E-state index in [1.165, 1.54) is 0 Å².